The number of halogens is 2. The molecule has 0 spiro atoms. The molecule has 1 atom stereocenters. The van der Waals surface area contributed by atoms with Crippen LogP contribution in [0.25, 0.3) is 0 Å². The van der Waals surface area contributed by atoms with Gasteiger partial charge in [-0.1, -0.05) is 29.8 Å². The van der Waals surface area contributed by atoms with Gasteiger partial charge in [0.05, 0.1) is 22.8 Å². The van der Waals surface area contributed by atoms with Gasteiger partial charge in [-0.25, -0.2) is 16.8 Å². The number of hydrogen-bond donors (Lipinski definition) is 1. The molecule has 0 saturated carbocycles. The molecule has 0 radical (unpaired) electrons. The summed E-state index contributed by atoms with van der Waals surface area (Å²) in [6, 6.07) is 6.88. The second-order valence-corrected chi connectivity index (χ2v) is 11.1. The number of nitrogens with one attached hydrogen (secondary N) is 1. The summed E-state index contributed by atoms with van der Waals surface area (Å²) in [7, 11) is -6.67. The van der Waals surface area contributed by atoms with Gasteiger partial charge in [0.1, 0.15) is 9.84 Å². The third-order valence-electron chi connectivity index (χ3n) is 4.71. The fraction of sp³-hybridized carbons (Fsp3) is 0.600. The lowest BCUT2D eigenvalue weighted by molar-refractivity contribution is 0.267. The number of hydrogen-bond acceptors (Lipinski definition) is 5. The minimum atomic E-state index is -3.58. The molecule has 2 aliphatic rings. The van der Waals surface area contributed by atoms with Gasteiger partial charge in [-0.3, -0.25) is 0 Å². The van der Waals surface area contributed by atoms with Crippen molar-refractivity contribution in [3.8, 4) is 0 Å². The lowest BCUT2D eigenvalue weighted by Gasteiger charge is -2.38. The second-order valence-electron chi connectivity index (χ2n) is 6.25. The summed E-state index contributed by atoms with van der Waals surface area (Å²) in [5.74, 6) is -0.112. The van der Waals surface area contributed by atoms with E-state index in [1.165, 1.54) is 4.31 Å². The molecular formula is C15H22Cl2N2O4S2. The van der Waals surface area contributed by atoms with Crippen molar-refractivity contribution in [3.05, 3.63) is 34.9 Å². The third kappa shape index (κ3) is 4.48. The van der Waals surface area contributed by atoms with E-state index >= 15 is 0 Å². The van der Waals surface area contributed by atoms with Gasteiger partial charge < -0.3 is 5.32 Å². The van der Waals surface area contributed by atoms with Gasteiger partial charge in [0.25, 0.3) is 0 Å². The Kier molecular flexibility index (Phi) is 6.78. The molecule has 2 heterocycles. The van der Waals surface area contributed by atoms with E-state index in [4.69, 9.17) is 11.6 Å². The lowest BCUT2D eigenvalue weighted by atomic mass is 10.1. The maximum atomic E-state index is 13.1. The van der Waals surface area contributed by atoms with Crippen LogP contribution in [-0.4, -0.2) is 57.5 Å². The SMILES string of the molecule is Cl.O=S1(=O)CCC(S(=O)(=O)N2CCNCC2c2ccccc2Cl)CC1. The van der Waals surface area contributed by atoms with E-state index in [1.807, 2.05) is 18.2 Å². The van der Waals surface area contributed by atoms with E-state index in [-0.39, 0.29) is 42.8 Å². The molecule has 2 aliphatic heterocycles. The first kappa shape index (κ1) is 20.9. The van der Waals surface area contributed by atoms with E-state index in [0.717, 1.165) is 5.56 Å². The van der Waals surface area contributed by atoms with Crippen LogP contribution >= 0.6 is 24.0 Å². The van der Waals surface area contributed by atoms with Crippen molar-refractivity contribution in [1.29, 1.82) is 0 Å². The Balaban J connectivity index is 0.00000225. The van der Waals surface area contributed by atoms with Crippen LogP contribution in [0.1, 0.15) is 24.4 Å². The Morgan fingerprint density at radius 1 is 1.16 bits per heavy atom. The van der Waals surface area contributed by atoms with E-state index in [9.17, 15) is 16.8 Å². The average molecular weight is 429 g/mol. The topological polar surface area (TPSA) is 83.5 Å². The van der Waals surface area contributed by atoms with Crippen molar-refractivity contribution in [2.75, 3.05) is 31.1 Å². The fourth-order valence-electron chi connectivity index (χ4n) is 3.36. The van der Waals surface area contributed by atoms with Crippen molar-refractivity contribution >= 4 is 43.9 Å². The highest BCUT2D eigenvalue weighted by atomic mass is 35.5. The summed E-state index contributed by atoms with van der Waals surface area (Å²) in [4.78, 5) is 0. The van der Waals surface area contributed by atoms with Gasteiger partial charge in [0.15, 0.2) is 0 Å². The summed E-state index contributed by atoms with van der Waals surface area (Å²) in [6.07, 6.45) is 0.341. The maximum Gasteiger partial charge on any atom is 0.217 e. The Morgan fingerprint density at radius 3 is 2.44 bits per heavy atom. The van der Waals surface area contributed by atoms with Crippen molar-refractivity contribution in [3.63, 3.8) is 0 Å². The largest absolute Gasteiger partial charge is 0.313 e. The number of sulfone groups is 1. The third-order valence-corrected chi connectivity index (χ3v) is 9.17. The summed E-state index contributed by atoms with van der Waals surface area (Å²) < 4.78 is 50.9. The molecule has 2 saturated heterocycles. The minimum absolute atomic E-state index is 0. The van der Waals surface area contributed by atoms with E-state index in [0.29, 0.717) is 24.7 Å². The molecule has 0 bridgehead atoms. The molecule has 10 heteroatoms. The monoisotopic (exact) mass is 428 g/mol. The molecule has 25 heavy (non-hydrogen) atoms. The normalized spacial score (nSPS) is 25.2. The number of sulfonamides is 1. The first-order valence-corrected chi connectivity index (χ1v) is 11.7. The van der Waals surface area contributed by atoms with Crippen LogP contribution in [0.5, 0.6) is 0 Å². The number of benzene rings is 1. The molecule has 1 aromatic rings. The van der Waals surface area contributed by atoms with Crippen LogP contribution in [-0.2, 0) is 19.9 Å². The van der Waals surface area contributed by atoms with Crippen molar-refractivity contribution in [2.24, 2.45) is 0 Å². The van der Waals surface area contributed by atoms with Crippen molar-refractivity contribution < 1.29 is 16.8 Å². The molecule has 2 fully saturated rings. The van der Waals surface area contributed by atoms with Gasteiger partial charge in [0.2, 0.25) is 10.0 Å². The second kappa shape index (κ2) is 8.10. The van der Waals surface area contributed by atoms with Gasteiger partial charge >= 0.3 is 0 Å². The summed E-state index contributed by atoms with van der Waals surface area (Å²) in [5.41, 5.74) is 0.776. The smallest absolute Gasteiger partial charge is 0.217 e. The van der Waals surface area contributed by atoms with Gasteiger partial charge in [-0.2, -0.15) is 4.31 Å². The highest BCUT2D eigenvalue weighted by Crippen LogP contribution is 2.33. The van der Waals surface area contributed by atoms with Crippen LogP contribution < -0.4 is 5.32 Å². The van der Waals surface area contributed by atoms with E-state index in [1.54, 1.807) is 6.07 Å². The highest BCUT2D eigenvalue weighted by Gasteiger charge is 2.41. The molecule has 1 N–H and O–H groups in total. The Bertz CT molecular complexity index is 801. The Labute approximate surface area is 160 Å². The summed E-state index contributed by atoms with van der Waals surface area (Å²) in [5, 5.41) is 3.12. The molecule has 3 rings (SSSR count). The average Bonchev–Trinajstić information content (AvgIpc) is 2.55. The molecule has 1 unspecified atom stereocenters. The predicted octanol–water partition coefficient (Wildman–Crippen LogP) is 1.62. The lowest BCUT2D eigenvalue weighted by Crippen LogP contribution is -2.52. The zero-order chi connectivity index (χ0) is 17.4. The Hall–Kier alpha value is -0.380. The predicted molar refractivity (Wildman–Crippen MR) is 102 cm³/mol. The number of rotatable bonds is 3. The minimum Gasteiger partial charge on any atom is -0.313 e. The molecule has 6 nitrogen and oxygen atoms in total. The molecule has 142 valence electrons. The first-order chi connectivity index (χ1) is 11.3. The Morgan fingerprint density at radius 2 is 1.80 bits per heavy atom. The van der Waals surface area contributed by atoms with Crippen molar-refractivity contribution in [1.82, 2.24) is 9.62 Å². The number of nitrogens with zero attached hydrogens (tertiary/aromatic N) is 1. The van der Waals surface area contributed by atoms with Gasteiger partial charge in [-0.15, -0.1) is 12.4 Å². The molecular weight excluding hydrogens is 407 g/mol. The zero-order valence-electron chi connectivity index (χ0n) is 13.6. The summed E-state index contributed by atoms with van der Waals surface area (Å²) in [6.45, 7) is 1.43. The van der Waals surface area contributed by atoms with Crippen LogP contribution in [0.4, 0.5) is 0 Å². The van der Waals surface area contributed by atoms with Crippen LogP contribution in [0.3, 0.4) is 0 Å². The maximum absolute atomic E-state index is 13.1. The molecule has 0 aromatic heterocycles. The van der Waals surface area contributed by atoms with Gasteiger partial charge in [0, 0.05) is 24.7 Å². The zero-order valence-corrected chi connectivity index (χ0v) is 16.8. The van der Waals surface area contributed by atoms with E-state index in [2.05, 4.69) is 5.32 Å². The van der Waals surface area contributed by atoms with Crippen LogP contribution in [0.15, 0.2) is 24.3 Å². The van der Waals surface area contributed by atoms with Gasteiger partial charge in [-0.05, 0) is 24.5 Å². The van der Waals surface area contributed by atoms with Crippen LogP contribution in [0.2, 0.25) is 5.02 Å². The quantitative estimate of drug-likeness (QED) is 0.790. The standard InChI is InChI=1S/C15H21ClN2O4S2.ClH/c16-14-4-2-1-3-13(14)15-11-17-7-8-18(15)24(21,22)12-5-9-23(19,20)10-6-12;/h1-4,12,15,17H,5-11H2;1H. The highest BCUT2D eigenvalue weighted by molar-refractivity contribution is 7.92. The molecule has 0 aliphatic carbocycles. The first-order valence-electron chi connectivity index (χ1n) is 7.97. The molecule has 0 amide bonds. The summed E-state index contributed by atoms with van der Waals surface area (Å²) >= 11 is 6.27. The number of piperazine rings is 1. The van der Waals surface area contributed by atoms with E-state index < -0.39 is 25.1 Å². The fourth-order valence-corrected chi connectivity index (χ4v) is 7.51. The molecule has 1 aromatic carbocycles. The van der Waals surface area contributed by atoms with Crippen molar-refractivity contribution in [2.45, 2.75) is 24.1 Å². The van der Waals surface area contributed by atoms with Crippen LogP contribution in [0, 0.1) is 0 Å².